The summed E-state index contributed by atoms with van der Waals surface area (Å²) in [5.41, 5.74) is 14.0. The van der Waals surface area contributed by atoms with E-state index in [0.717, 1.165) is 76.8 Å². The Kier molecular flexibility index (Phi) is 19.6. The molecule has 0 radical (unpaired) electrons. The Hall–Kier alpha value is -4.64. The lowest BCUT2D eigenvalue weighted by atomic mass is 9.80. The highest BCUT2D eigenvalue weighted by Gasteiger charge is 2.40. The summed E-state index contributed by atoms with van der Waals surface area (Å²) in [4.78, 5) is 54.5. The van der Waals surface area contributed by atoms with E-state index in [1.807, 2.05) is 48.6 Å². The van der Waals surface area contributed by atoms with Crippen molar-refractivity contribution in [3.63, 3.8) is 0 Å². The summed E-state index contributed by atoms with van der Waals surface area (Å²) in [6.45, 7) is 28.1. The molecule has 2 aromatic carbocycles. The molecule has 3 amide bonds. The molecule has 0 aromatic heterocycles. The summed E-state index contributed by atoms with van der Waals surface area (Å²) in [5.74, 6) is 1.69. The summed E-state index contributed by atoms with van der Waals surface area (Å²) in [5, 5.41) is 12.7. The first-order valence-electron chi connectivity index (χ1n) is 28.0. The van der Waals surface area contributed by atoms with Gasteiger partial charge in [-0.2, -0.15) is 0 Å². The second-order valence-electron chi connectivity index (χ2n) is 25.5. The number of ether oxygens (including phenoxy) is 2. The van der Waals surface area contributed by atoms with Crippen LogP contribution >= 0.6 is 0 Å². The van der Waals surface area contributed by atoms with Gasteiger partial charge in [0.25, 0.3) is 0 Å². The third-order valence-electron chi connectivity index (χ3n) is 15.8. The van der Waals surface area contributed by atoms with Gasteiger partial charge < -0.3 is 34.6 Å². The van der Waals surface area contributed by atoms with E-state index in [1.54, 1.807) is 39.1 Å². The van der Waals surface area contributed by atoms with E-state index < -0.39 is 17.2 Å². The molecule has 2 fully saturated rings. The molecular weight excluding hydrogens is 913 g/mol. The molecule has 2 saturated carbocycles. The number of aryl methyl sites for hydroxylation is 2. The van der Waals surface area contributed by atoms with Gasteiger partial charge in [0.1, 0.15) is 11.2 Å². The number of hydrogen-bond donors (Lipinski definition) is 2. The standard InChI is InChI=1S/C31H46N2O3.C17H23N.C14H25NO4/c1-20(2)16-28-27-18-24-11-8-21(3)17-26(24)25(27)14-15-33(28)29(34)23-12-9-22(10-13-23)19-32(7)30(35)36-31(4,5)6;1-11(2)8-17-16-10-13-5-4-12(3)9-15(13)14(16)6-7-18-17;1-14(2,3)19-13(18)15(4)9-10-5-7-11(8-6-10)12(16)17/h8,11,17,20,22-23,28H,9-10,12-16,18-19H2,1-7H3;4-5,9,11,17-18H,6-8,10H2,1-3H3;10-11H,5-9H2,1-4H3,(H,16,17). The molecule has 8 rings (SSSR count). The number of carboxylic acids is 1. The molecule has 2 heterocycles. The third kappa shape index (κ3) is 15.9. The SMILES string of the molecule is CN(CC1CCC(C(=O)O)CC1)C(=O)OC(C)(C)C.Cc1ccc2c(c1)C1=C(C2)C(CC(C)C)N(C(=O)C2CCC(CN(C)C(=O)OC(C)(C)C)CC2)CC1.Cc1ccc2c(c1)C1=C(C2)C(CC(C)C)NCC1. The van der Waals surface area contributed by atoms with E-state index in [9.17, 15) is 19.2 Å². The van der Waals surface area contributed by atoms with Crippen LogP contribution in [0.3, 0.4) is 0 Å². The monoisotopic (exact) mass is 1010 g/mol. The fourth-order valence-electron chi connectivity index (χ4n) is 12.2. The van der Waals surface area contributed by atoms with Crippen LogP contribution in [0.4, 0.5) is 9.59 Å². The van der Waals surface area contributed by atoms with E-state index in [0.29, 0.717) is 55.6 Å². The minimum absolute atomic E-state index is 0.107. The highest BCUT2D eigenvalue weighted by Crippen LogP contribution is 2.45. The van der Waals surface area contributed by atoms with Crippen molar-refractivity contribution in [2.75, 3.05) is 40.3 Å². The van der Waals surface area contributed by atoms with Crippen LogP contribution in [0.2, 0.25) is 0 Å². The van der Waals surface area contributed by atoms with E-state index in [-0.39, 0.29) is 30.1 Å². The second-order valence-corrected chi connectivity index (χ2v) is 25.5. The average molecular weight is 1010 g/mol. The zero-order valence-corrected chi connectivity index (χ0v) is 47.5. The van der Waals surface area contributed by atoms with Crippen molar-refractivity contribution in [3.05, 3.63) is 80.9 Å². The predicted molar refractivity (Wildman–Crippen MR) is 295 cm³/mol. The maximum atomic E-state index is 13.9. The first-order valence-corrected chi connectivity index (χ1v) is 28.0. The molecule has 2 N–H and O–H groups in total. The van der Waals surface area contributed by atoms with Gasteiger partial charge in [0.2, 0.25) is 5.91 Å². The zero-order chi connectivity index (χ0) is 53.5. The maximum absolute atomic E-state index is 13.9. The Labute approximate surface area is 440 Å². The smallest absolute Gasteiger partial charge is 0.410 e. The minimum Gasteiger partial charge on any atom is -0.481 e. The molecule has 6 aliphatic rings. The number of carboxylic acid groups (broad SMARTS) is 1. The number of rotatable bonds is 10. The fourth-order valence-corrected chi connectivity index (χ4v) is 12.2. The topological polar surface area (TPSA) is 129 Å². The Morgan fingerprint density at radius 1 is 0.658 bits per heavy atom. The summed E-state index contributed by atoms with van der Waals surface area (Å²) in [6.07, 6.45) is 13.1. The predicted octanol–water partition coefficient (Wildman–Crippen LogP) is 13.1. The van der Waals surface area contributed by atoms with E-state index in [4.69, 9.17) is 14.6 Å². The van der Waals surface area contributed by atoms with Crippen LogP contribution in [-0.2, 0) is 31.9 Å². The van der Waals surface area contributed by atoms with Gasteiger partial charge >= 0.3 is 18.2 Å². The molecule has 2 aliphatic heterocycles. The lowest BCUT2D eigenvalue weighted by Gasteiger charge is -2.41. The third-order valence-corrected chi connectivity index (χ3v) is 15.8. The normalized spacial score (nSPS) is 23.5. The van der Waals surface area contributed by atoms with Crippen molar-refractivity contribution >= 4 is 35.2 Å². The zero-order valence-electron chi connectivity index (χ0n) is 47.5. The van der Waals surface area contributed by atoms with E-state index >= 15 is 0 Å². The first kappa shape index (κ1) is 57.6. The molecule has 2 aromatic rings. The first-order chi connectivity index (χ1) is 34.3. The molecule has 0 saturated heterocycles. The second kappa shape index (κ2) is 24.8. The number of aliphatic carboxylic acids is 1. The van der Waals surface area contributed by atoms with E-state index in [1.165, 1.54) is 52.7 Å². The van der Waals surface area contributed by atoms with Gasteiger partial charge in [0, 0.05) is 45.7 Å². The molecule has 11 heteroatoms. The van der Waals surface area contributed by atoms with Gasteiger partial charge in [-0.1, -0.05) is 75.2 Å². The van der Waals surface area contributed by atoms with Crippen LogP contribution in [0.1, 0.15) is 180 Å². The molecule has 2 atom stereocenters. The van der Waals surface area contributed by atoms with Crippen LogP contribution in [0, 0.1) is 49.4 Å². The molecule has 2 unspecified atom stereocenters. The van der Waals surface area contributed by atoms with Crippen LogP contribution in [0.15, 0.2) is 47.5 Å². The number of amides is 3. The summed E-state index contributed by atoms with van der Waals surface area (Å²) in [7, 11) is 3.55. The number of carbonyl (C=O) groups is 4. The number of nitrogens with one attached hydrogen (secondary N) is 1. The molecular formula is C62H94N4O7. The van der Waals surface area contributed by atoms with Gasteiger partial charge in [0.15, 0.2) is 0 Å². The molecule has 4 aliphatic carbocycles. The largest absolute Gasteiger partial charge is 0.481 e. The van der Waals surface area contributed by atoms with Crippen molar-refractivity contribution in [2.24, 2.45) is 35.5 Å². The van der Waals surface area contributed by atoms with Crippen LogP contribution in [-0.4, -0.2) is 107 Å². The Bertz CT molecular complexity index is 2320. The minimum atomic E-state index is -0.695. The Balaban J connectivity index is 0.000000197. The van der Waals surface area contributed by atoms with Gasteiger partial charge in [-0.3, -0.25) is 9.59 Å². The maximum Gasteiger partial charge on any atom is 0.410 e. The van der Waals surface area contributed by atoms with Crippen molar-refractivity contribution in [1.29, 1.82) is 0 Å². The Morgan fingerprint density at radius 2 is 1.11 bits per heavy atom. The molecule has 73 heavy (non-hydrogen) atoms. The highest BCUT2D eigenvalue weighted by atomic mass is 16.6. The number of hydrogen-bond acceptors (Lipinski definition) is 7. The van der Waals surface area contributed by atoms with Crippen LogP contribution in [0.25, 0.3) is 11.1 Å². The highest BCUT2D eigenvalue weighted by molar-refractivity contribution is 5.85. The summed E-state index contributed by atoms with van der Waals surface area (Å²) < 4.78 is 10.8. The number of benzene rings is 2. The van der Waals surface area contributed by atoms with Crippen molar-refractivity contribution in [3.8, 4) is 0 Å². The number of carbonyl (C=O) groups excluding carboxylic acids is 3. The molecule has 0 spiro atoms. The van der Waals surface area contributed by atoms with E-state index in [2.05, 4.69) is 88.2 Å². The summed E-state index contributed by atoms with van der Waals surface area (Å²) in [6, 6.07) is 14.7. The van der Waals surface area contributed by atoms with Crippen molar-refractivity contribution in [1.82, 2.24) is 20.0 Å². The number of fused-ring (bicyclic) bond motifs is 4. The van der Waals surface area contributed by atoms with Crippen LogP contribution in [0.5, 0.6) is 0 Å². The summed E-state index contributed by atoms with van der Waals surface area (Å²) >= 11 is 0. The van der Waals surface area contributed by atoms with Gasteiger partial charge in [-0.15, -0.1) is 0 Å². The molecule has 11 nitrogen and oxygen atoms in total. The fraction of sp³-hybridized carbons (Fsp3) is 0.677. The van der Waals surface area contributed by atoms with Crippen molar-refractivity contribution in [2.45, 2.75) is 196 Å². The Morgan fingerprint density at radius 3 is 1.56 bits per heavy atom. The van der Waals surface area contributed by atoms with Crippen LogP contribution < -0.4 is 5.32 Å². The lowest BCUT2D eigenvalue weighted by Crippen LogP contribution is -2.48. The molecule has 0 bridgehead atoms. The van der Waals surface area contributed by atoms with Gasteiger partial charge in [-0.05, 0) is 220 Å². The molecule has 404 valence electrons. The quantitative estimate of drug-likeness (QED) is 0.241. The number of nitrogens with zero attached hydrogens (tertiary/aromatic N) is 3. The van der Waals surface area contributed by atoms with Crippen molar-refractivity contribution < 1.29 is 33.8 Å². The van der Waals surface area contributed by atoms with Gasteiger partial charge in [-0.25, -0.2) is 9.59 Å². The van der Waals surface area contributed by atoms with Gasteiger partial charge in [0.05, 0.1) is 12.0 Å². The lowest BCUT2D eigenvalue weighted by molar-refractivity contribution is -0.143. The average Bonchev–Trinajstić information content (AvgIpc) is 3.87.